The number of carbonyl (C=O) groups is 1. The first-order valence-electron chi connectivity index (χ1n) is 9.16. The van der Waals surface area contributed by atoms with Crippen LogP contribution in [-0.4, -0.2) is 15.9 Å². The Bertz CT molecular complexity index is 1130. The first-order valence-corrected chi connectivity index (χ1v) is 9.16. The lowest BCUT2D eigenvalue weighted by Gasteiger charge is -2.23. The summed E-state index contributed by atoms with van der Waals surface area (Å²) >= 11 is 0. The zero-order chi connectivity index (χ0) is 18.9. The van der Waals surface area contributed by atoms with Crippen LogP contribution in [0.5, 0.6) is 0 Å². The summed E-state index contributed by atoms with van der Waals surface area (Å²) < 4.78 is 0. The van der Waals surface area contributed by atoms with E-state index in [1.807, 2.05) is 95.9 Å². The van der Waals surface area contributed by atoms with Crippen molar-refractivity contribution in [3.05, 3.63) is 102 Å². The molecule has 1 unspecified atom stereocenters. The van der Waals surface area contributed by atoms with Crippen molar-refractivity contribution >= 4 is 29.0 Å². The Morgan fingerprint density at radius 1 is 0.857 bits per heavy atom. The van der Waals surface area contributed by atoms with Gasteiger partial charge in [-0.3, -0.25) is 9.69 Å². The van der Waals surface area contributed by atoms with E-state index in [1.165, 1.54) is 0 Å². The average molecular weight is 366 g/mol. The molecule has 1 aromatic heterocycles. The van der Waals surface area contributed by atoms with Gasteiger partial charge in [-0.25, -0.2) is 4.98 Å². The van der Waals surface area contributed by atoms with Crippen LogP contribution >= 0.6 is 0 Å². The minimum absolute atomic E-state index is 0.127. The number of nitrogens with one attached hydrogen (secondary N) is 2. The van der Waals surface area contributed by atoms with Gasteiger partial charge < -0.3 is 10.3 Å². The van der Waals surface area contributed by atoms with Crippen molar-refractivity contribution < 1.29 is 4.79 Å². The number of amides is 1. The Kier molecular flexibility index (Phi) is 3.91. The molecule has 5 nitrogen and oxygen atoms in total. The van der Waals surface area contributed by atoms with Gasteiger partial charge in [0.2, 0.25) is 5.95 Å². The Morgan fingerprint density at radius 3 is 2.29 bits per heavy atom. The number of benzene rings is 3. The summed E-state index contributed by atoms with van der Waals surface area (Å²) in [6, 6.07) is 27.6. The zero-order valence-corrected chi connectivity index (χ0v) is 15.0. The van der Waals surface area contributed by atoms with E-state index in [9.17, 15) is 4.79 Å². The second-order valence-corrected chi connectivity index (χ2v) is 6.67. The summed E-state index contributed by atoms with van der Waals surface area (Å²) in [6.45, 7) is 0. The normalized spacial score (nSPS) is 18.0. The second kappa shape index (κ2) is 6.70. The largest absolute Gasteiger partial charge is 0.326 e. The number of anilines is 1. The topological polar surface area (TPSA) is 61.0 Å². The monoisotopic (exact) mass is 366 g/mol. The van der Waals surface area contributed by atoms with Crippen LogP contribution in [0.15, 0.2) is 90.6 Å². The first kappa shape index (κ1) is 16.3. The molecule has 0 radical (unpaired) electrons. The molecule has 1 amide bonds. The van der Waals surface area contributed by atoms with E-state index in [0.29, 0.717) is 11.6 Å². The van der Waals surface area contributed by atoms with Gasteiger partial charge in [0.05, 0.1) is 11.0 Å². The van der Waals surface area contributed by atoms with Crippen molar-refractivity contribution in [2.45, 2.75) is 6.17 Å². The second-order valence-electron chi connectivity index (χ2n) is 6.67. The predicted octanol–water partition coefficient (Wildman–Crippen LogP) is 4.24. The van der Waals surface area contributed by atoms with E-state index in [4.69, 9.17) is 4.98 Å². The number of nitrogens with zero attached hydrogens (tertiary/aromatic N) is 2. The van der Waals surface area contributed by atoms with Gasteiger partial charge in [0.15, 0.2) is 0 Å². The lowest BCUT2D eigenvalue weighted by atomic mass is 10.1. The summed E-state index contributed by atoms with van der Waals surface area (Å²) in [4.78, 5) is 22.9. The van der Waals surface area contributed by atoms with E-state index >= 15 is 0 Å². The molecule has 4 aromatic rings. The molecule has 1 aliphatic heterocycles. The maximum atomic E-state index is 12.9. The Morgan fingerprint density at radius 2 is 1.54 bits per heavy atom. The highest BCUT2D eigenvalue weighted by atomic mass is 16.2. The van der Waals surface area contributed by atoms with Gasteiger partial charge in [-0.15, -0.1) is 0 Å². The lowest BCUT2D eigenvalue weighted by Crippen LogP contribution is -2.27. The molecule has 1 fully saturated rings. The minimum atomic E-state index is -0.329. The minimum Gasteiger partial charge on any atom is -0.326 e. The maximum Gasteiger partial charge on any atom is 0.269 e. The molecule has 136 valence electrons. The van der Waals surface area contributed by atoms with Crippen molar-refractivity contribution in [2.75, 3.05) is 4.90 Å². The summed E-state index contributed by atoms with van der Waals surface area (Å²) in [7, 11) is 0. The summed E-state index contributed by atoms with van der Waals surface area (Å²) in [6.07, 6.45) is 1.56. The number of fused-ring (bicyclic) bond motifs is 1. The van der Waals surface area contributed by atoms with Crippen molar-refractivity contribution in [1.29, 1.82) is 0 Å². The Hall–Kier alpha value is -3.86. The fourth-order valence-corrected chi connectivity index (χ4v) is 3.51. The standard InChI is InChI=1S/C23H18N4O/c28-22-20(15-16-9-3-1-4-10-16)27(21(26-22)17-11-5-2-6-12-17)23-24-18-13-7-8-14-19(18)25-23/h1-15,21H,(H,24,25)(H,26,28). The molecule has 3 aromatic carbocycles. The zero-order valence-electron chi connectivity index (χ0n) is 15.0. The molecule has 0 aliphatic carbocycles. The van der Waals surface area contributed by atoms with E-state index < -0.39 is 0 Å². The number of H-pyrrole nitrogens is 1. The highest BCUT2D eigenvalue weighted by Gasteiger charge is 2.37. The van der Waals surface area contributed by atoms with E-state index in [-0.39, 0.29) is 12.1 Å². The first-order chi connectivity index (χ1) is 13.8. The third kappa shape index (κ3) is 2.83. The highest BCUT2D eigenvalue weighted by Crippen LogP contribution is 2.34. The number of aromatic amines is 1. The molecule has 0 bridgehead atoms. The number of imidazole rings is 1. The molecule has 5 rings (SSSR count). The predicted molar refractivity (Wildman–Crippen MR) is 110 cm³/mol. The van der Waals surface area contributed by atoms with Gasteiger partial charge in [0.1, 0.15) is 11.9 Å². The molecule has 1 atom stereocenters. The van der Waals surface area contributed by atoms with Crippen LogP contribution in [0.25, 0.3) is 17.1 Å². The number of rotatable bonds is 3. The summed E-state index contributed by atoms with van der Waals surface area (Å²) in [5.41, 5.74) is 4.31. The molecule has 1 aliphatic rings. The van der Waals surface area contributed by atoms with Gasteiger partial charge in [0.25, 0.3) is 5.91 Å². The molecule has 2 heterocycles. The maximum absolute atomic E-state index is 12.9. The third-order valence-electron chi connectivity index (χ3n) is 4.84. The van der Waals surface area contributed by atoms with Gasteiger partial charge in [-0.2, -0.15) is 0 Å². The summed E-state index contributed by atoms with van der Waals surface area (Å²) in [5, 5.41) is 3.09. The lowest BCUT2D eigenvalue weighted by molar-refractivity contribution is -0.116. The molecule has 0 saturated carbocycles. The molecular formula is C23H18N4O. The van der Waals surface area contributed by atoms with E-state index in [1.54, 1.807) is 0 Å². The number of para-hydroxylation sites is 2. The van der Waals surface area contributed by atoms with Crippen molar-refractivity contribution in [1.82, 2.24) is 15.3 Å². The number of aromatic nitrogens is 2. The SMILES string of the molecule is O=C1NC(c2ccccc2)N(c2nc3ccccc3[nH]2)C1=Cc1ccccc1. The smallest absolute Gasteiger partial charge is 0.269 e. The fraction of sp³-hybridized carbons (Fsp3) is 0.0435. The molecular weight excluding hydrogens is 348 g/mol. The van der Waals surface area contributed by atoms with Crippen LogP contribution in [0.3, 0.4) is 0 Å². The van der Waals surface area contributed by atoms with Gasteiger partial charge in [0, 0.05) is 0 Å². The van der Waals surface area contributed by atoms with Crippen LogP contribution in [-0.2, 0) is 4.79 Å². The molecule has 28 heavy (non-hydrogen) atoms. The van der Waals surface area contributed by atoms with Crippen LogP contribution in [0.2, 0.25) is 0 Å². The molecule has 2 N–H and O–H groups in total. The van der Waals surface area contributed by atoms with E-state index in [2.05, 4.69) is 10.3 Å². The third-order valence-corrected chi connectivity index (χ3v) is 4.84. The average Bonchev–Trinajstić information content (AvgIpc) is 3.30. The van der Waals surface area contributed by atoms with Gasteiger partial charge >= 0.3 is 0 Å². The molecule has 1 saturated heterocycles. The number of hydrogen-bond acceptors (Lipinski definition) is 3. The van der Waals surface area contributed by atoms with Crippen LogP contribution in [0, 0.1) is 0 Å². The van der Waals surface area contributed by atoms with Crippen LogP contribution < -0.4 is 10.2 Å². The Labute approximate surface area is 162 Å². The summed E-state index contributed by atoms with van der Waals surface area (Å²) in [5.74, 6) is 0.508. The number of carbonyl (C=O) groups excluding carboxylic acids is 1. The van der Waals surface area contributed by atoms with Gasteiger partial charge in [-0.05, 0) is 29.3 Å². The molecule has 0 spiro atoms. The molecule has 5 heteroatoms. The quantitative estimate of drug-likeness (QED) is 0.533. The van der Waals surface area contributed by atoms with Crippen molar-refractivity contribution in [2.24, 2.45) is 0 Å². The van der Waals surface area contributed by atoms with E-state index in [0.717, 1.165) is 22.2 Å². The Balaban J connectivity index is 1.67. The van der Waals surface area contributed by atoms with Crippen LogP contribution in [0.1, 0.15) is 17.3 Å². The highest BCUT2D eigenvalue weighted by molar-refractivity contribution is 6.04. The van der Waals surface area contributed by atoms with Crippen LogP contribution in [0.4, 0.5) is 5.95 Å². The van der Waals surface area contributed by atoms with Crippen molar-refractivity contribution in [3.8, 4) is 0 Å². The fourth-order valence-electron chi connectivity index (χ4n) is 3.51. The number of hydrogen-bond donors (Lipinski definition) is 2. The van der Waals surface area contributed by atoms with Gasteiger partial charge in [-0.1, -0.05) is 72.8 Å². The van der Waals surface area contributed by atoms with Crippen molar-refractivity contribution in [3.63, 3.8) is 0 Å².